The van der Waals surface area contributed by atoms with E-state index in [1.165, 1.54) is 18.3 Å². The van der Waals surface area contributed by atoms with Gasteiger partial charge < -0.3 is 14.8 Å². The van der Waals surface area contributed by atoms with Crippen LogP contribution in [-0.2, 0) is 14.3 Å². The number of benzene rings is 2. The fraction of sp³-hybridized carbons (Fsp3) is 0.286. The Morgan fingerprint density at radius 3 is 2.51 bits per heavy atom. The summed E-state index contributed by atoms with van der Waals surface area (Å²) in [5.41, 5.74) is 2.67. The van der Waals surface area contributed by atoms with E-state index >= 15 is 0 Å². The Balaban J connectivity index is 1.90. The van der Waals surface area contributed by atoms with Crippen LogP contribution in [0.25, 0.3) is 6.08 Å². The van der Waals surface area contributed by atoms with Crippen molar-refractivity contribution in [2.24, 2.45) is 4.99 Å². The van der Waals surface area contributed by atoms with Gasteiger partial charge in [-0.1, -0.05) is 41.7 Å². The van der Waals surface area contributed by atoms with Crippen LogP contribution in [0.15, 0.2) is 69.6 Å². The standard InChI is InChI=1S/C28H29N3O5S/c1-6-35-27(34)24-17(4)29-28-31(25(24)21-9-7-8-10-22(21)36-16(2)3)26(33)23(37-28)15-19-11-13-20(14-12-19)30-18(5)32/h7-16,25H,6H2,1-5H3,(H,30,32)/b23-15+/t25-/m1/s1. The van der Waals surface area contributed by atoms with Crippen molar-refractivity contribution in [3.63, 3.8) is 0 Å². The fourth-order valence-corrected chi connectivity index (χ4v) is 5.22. The van der Waals surface area contributed by atoms with Crippen LogP contribution in [0.2, 0.25) is 0 Å². The molecule has 0 radical (unpaired) electrons. The lowest BCUT2D eigenvalue weighted by molar-refractivity contribution is -0.139. The number of hydrogen-bond donors (Lipinski definition) is 1. The van der Waals surface area contributed by atoms with Gasteiger partial charge in [-0.15, -0.1) is 0 Å². The molecule has 0 unspecified atom stereocenters. The molecule has 2 aromatic carbocycles. The van der Waals surface area contributed by atoms with E-state index in [0.717, 1.165) is 5.56 Å². The predicted octanol–water partition coefficient (Wildman–Crippen LogP) is 3.54. The van der Waals surface area contributed by atoms with E-state index in [1.807, 2.05) is 50.2 Å². The van der Waals surface area contributed by atoms with Gasteiger partial charge >= 0.3 is 5.97 Å². The van der Waals surface area contributed by atoms with E-state index in [4.69, 9.17) is 9.47 Å². The monoisotopic (exact) mass is 519 g/mol. The second-order valence-electron chi connectivity index (χ2n) is 8.81. The van der Waals surface area contributed by atoms with Gasteiger partial charge in [0, 0.05) is 18.2 Å². The first kappa shape index (κ1) is 26.1. The van der Waals surface area contributed by atoms with Crippen LogP contribution in [0.1, 0.15) is 51.8 Å². The Kier molecular flexibility index (Phi) is 7.73. The number of amides is 1. The molecule has 0 saturated heterocycles. The molecule has 0 saturated carbocycles. The zero-order valence-corrected chi connectivity index (χ0v) is 22.2. The first-order chi connectivity index (χ1) is 17.7. The summed E-state index contributed by atoms with van der Waals surface area (Å²) in [5.74, 6) is -0.0892. The lowest BCUT2D eigenvalue weighted by Gasteiger charge is -2.26. The van der Waals surface area contributed by atoms with E-state index in [1.54, 1.807) is 36.6 Å². The number of para-hydroxylation sites is 1. The Morgan fingerprint density at radius 2 is 1.86 bits per heavy atom. The number of nitrogens with one attached hydrogen (secondary N) is 1. The predicted molar refractivity (Wildman–Crippen MR) is 143 cm³/mol. The largest absolute Gasteiger partial charge is 0.491 e. The number of esters is 1. The SMILES string of the molecule is CCOC(=O)C1=C(C)N=c2s/c(=C/c3ccc(NC(C)=O)cc3)c(=O)n2[C@@H]1c1ccccc1OC(C)C. The highest BCUT2D eigenvalue weighted by molar-refractivity contribution is 7.07. The molecule has 0 bridgehead atoms. The third kappa shape index (κ3) is 5.56. The number of hydrogen-bond acceptors (Lipinski definition) is 7. The van der Waals surface area contributed by atoms with Crippen molar-refractivity contribution >= 4 is 35.0 Å². The lowest BCUT2D eigenvalue weighted by Crippen LogP contribution is -2.40. The molecule has 37 heavy (non-hydrogen) atoms. The maximum Gasteiger partial charge on any atom is 0.338 e. The minimum Gasteiger partial charge on any atom is -0.491 e. The summed E-state index contributed by atoms with van der Waals surface area (Å²) in [6.45, 7) is 8.99. The highest BCUT2D eigenvalue weighted by Gasteiger charge is 2.35. The summed E-state index contributed by atoms with van der Waals surface area (Å²) in [6, 6.07) is 13.8. The Morgan fingerprint density at radius 1 is 1.16 bits per heavy atom. The highest BCUT2D eigenvalue weighted by Crippen LogP contribution is 2.36. The molecule has 8 nitrogen and oxygen atoms in total. The average molecular weight is 520 g/mol. The average Bonchev–Trinajstić information content (AvgIpc) is 3.13. The van der Waals surface area contributed by atoms with Crippen LogP contribution in [0.5, 0.6) is 5.75 Å². The molecule has 0 fully saturated rings. The number of carbonyl (C=O) groups excluding carboxylic acids is 2. The minimum atomic E-state index is -0.755. The van der Waals surface area contributed by atoms with E-state index in [-0.39, 0.29) is 24.2 Å². The van der Waals surface area contributed by atoms with E-state index in [2.05, 4.69) is 10.3 Å². The van der Waals surface area contributed by atoms with Crippen LogP contribution in [0, 0.1) is 0 Å². The molecule has 1 atom stereocenters. The highest BCUT2D eigenvalue weighted by atomic mass is 32.1. The van der Waals surface area contributed by atoms with Gasteiger partial charge in [-0.25, -0.2) is 9.79 Å². The quantitative estimate of drug-likeness (QED) is 0.482. The number of ether oxygens (including phenoxy) is 2. The molecule has 9 heteroatoms. The first-order valence-electron chi connectivity index (χ1n) is 12.0. The van der Waals surface area contributed by atoms with Crippen molar-refractivity contribution in [2.75, 3.05) is 11.9 Å². The molecule has 4 rings (SSSR count). The molecular weight excluding hydrogens is 490 g/mol. The van der Waals surface area contributed by atoms with Crippen LogP contribution in [0.3, 0.4) is 0 Å². The number of nitrogens with zero attached hydrogens (tertiary/aromatic N) is 2. The van der Waals surface area contributed by atoms with Gasteiger partial charge in [0.15, 0.2) is 4.80 Å². The van der Waals surface area contributed by atoms with Gasteiger partial charge in [-0.3, -0.25) is 14.2 Å². The summed E-state index contributed by atoms with van der Waals surface area (Å²) < 4.78 is 13.5. The summed E-state index contributed by atoms with van der Waals surface area (Å²) in [6.07, 6.45) is 1.67. The maximum absolute atomic E-state index is 13.8. The molecular formula is C28H29N3O5S. The molecule has 2 heterocycles. The van der Waals surface area contributed by atoms with Crippen LogP contribution in [0.4, 0.5) is 5.69 Å². The van der Waals surface area contributed by atoms with Gasteiger partial charge in [0.2, 0.25) is 5.91 Å². The summed E-state index contributed by atoms with van der Waals surface area (Å²) in [4.78, 5) is 43.3. The van der Waals surface area contributed by atoms with E-state index in [0.29, 0.717) is 37.6 Å². The summed E-state index contributed by atoms with van der Waals surface area (Å²) >= 11 is 1.25. The zero-order chi connectivity index (χ0) is 26.7. The number of carbonyl (C=O) groups is 2. The lowest BCUT2D eigenvalue weighted by atomic mass is 9.95. The normalized spacial score (nSPS) is 15.3. The number of fused-ring (bicyclic) bond motifs is 1. The third-order valence-corrected chi connectivity index (χ3v) is 6.61. The van der Waals surface area contributed by atoms with Crippen molar-refractivity contribution in [1.29, 1.82) is 0 Å². The molecule has 0 spiro atoms. The van der Waals surface area contributed by atoms with E-state index in [9.17, 15) is 14.4 Å². The number of aromatic nitrogens is 1. The minimum absolute atomic E-state index is 0.103. The molecule has 1 aliphatic rings. The number of allylic oxidation sites excluding steroid dienone is 1. The number of anilines is 1. The molecule has 3 aromatic rings. The Bertz CT molecular complexity index is 1550. The molecule has 192 valence electrons. The molecule has 1 N–H and O–H groups in total. The van der Waals surface area contributed by atoms with Crippen molar-refractivity contribution in [1.82, 2.24) is 4.57 Å². The first-order valence-corrected chi connectivity index (χ1v) is 12.8. The molecule has 1 amide bonds. The third-order valence-electron chi connectivity index (χ3n) is 5.62. The number of thiazole rings is 1. The Labute approximate surface area is 218 Å². The van der Waals surface area contributed by atoms with Crippen molar-refractivity contribution in [2.45, 2.75) is 46.8 Å². The second kappa shape index (κ2) is 11.0. The zero-order valence-electron chi connectivity index (χ0n) is 21.4. The van der Waals surface area contributed by atoms with Gasteiger partial charge in [-0.2, -0.15) is 0 Å². The van der Waals surface area contributed by atoms with Gasteiger partial charge in [0.05, 0.1) is 28.5 Å². The van der Waals surface area contributed by atoms with Gasteiger partial charge in [0.25, 0.3) is 5.56 Å². The summed E-state index contributed by atoms with van der Waals surface area (Å²) in [5, 5.41) is 2.73. The van der Waals surface area contributed by atoms with Crippen LogP contribution in [-0.4, -0.2) is 29.2 Å². The summed E-state index contributed by atoms with van der Waals surface area (Å²) in [7, 11) is 0. The van der Waals surface area contributed by atoms with Crippen molar-refractivity contribution < 1.29 is 19.1 Å². The Hall–Kier alpha value is -3.98. The van der Waals surface area contributed by atoms with E-state index < -0.39 is 12.0 Å². The molecule has 0 aliphatic carbocycles. The topological polar surface area (TPSA) is 99.0 Å². The van der Waals surface area contributed by atoms with Crippen molar-refractivity contribution in [3.8, 4) is 5.75 Å². The van der Waals surface area contributed by atoms with Gasteiger partial charge in [0.1, 0.15) is 11.8 Å². The molecule has 1 aliphatic heterocycles. The van der Waals surface area contributed by atoms with Gasteiger partial charge in [-0.05, 0) is 57.5 Å². The maximum atomic E-state index is 13.8. The number of rotatable bonds is 7. The molecule has 1 aromatic heterocycles. The second-order valence-corrected chi connectivity index (χ2v) is 9.82. The van der Waals surface area contributed by atoms with Crippen LogP contribution < -0.4 is 24.9 Å². The fourth-order valence-electron chi connectivity index (χ4n) is 4.17. The van der Waals surface area contributed by atoms with Crippen LogP contribution >= 0.6 is 11.3 Å². The van der Waals surface area contributed by atoms with Crippen molar-refractivity contribution in [3.05, 3.63) is 90.6 Å². The smallest absolute Gasteiger partial charge is 0.338 e.